The van der Waals surface area contributed by atoms with Gasteiger partial charge in [-0.3, -0.25) is 0 Å². The molecule has 3 nitrogen and oxygen atoms in total. The van der Waals surface area contributed by atoms with Crippen molar-refractivity contribution < 1.29 is 14.8 Å². The highest BCUT2D eigenvalue weighted by atomic mass is 16.4. The van der Waals surface area contributed by atoms with Crippen molar-refractivity contribution in [1.29, 1.82) is 0 Å². The Balaban J connectivity index is 0.00000129. The molecule has 0 saturated carbocycles. The summed E-state index contributed by atoms with van der Waals surface area (Å²) in [7, 11) is 0. The van der Waals surface area contributed by atoms with E-state index in [9.17, 15) is 0 Å². The number of quaternary nitrogens is 1. The van der Waals surface area contributed by atoms with Gasteiger partial charge in [-0.15, -0.1) is 0 Å². The van der Waals surface area contributed by atoms with Gasteiger partial charge in [0.15, 0.2) is 0 Å². The van der Waals surface area contributed by atoms with Crippen molar-refractivity contribution in [2.75, 3.05) is 19.6 Å². The molecule has 1 fully saturated rings. The van der Waals surface area contributed by atoms with Crippen LogP contribution in [-0.2, 0) is 4.79 Å². The fraction of sp³-hybridized carbons (Fsp3) is 0.955. The summed E-state index contributed by atoms with van der Waals surface area (Å²) in [4.78, 5) is 10.8. The first-order valence-electron chi connectivity index (χ1n) is 11.1. The second-order valence-corrected chi connectivity index (χ2v) is 7.91. The molecule has 1 rings (SSSR count). The Morgan fingerprint density at radius 1 is 0.840 bits per heavy atom. The summed E-state index contributed by atoms with van der Waals surface area (Å²) in [5.41, 5.74) is 0. The summed E-state index contributed by atoms with van der Waals surface area (Å²) in [5.74, 6) is -0.0168. The van der Waals surface area contributed by atoms with Gasteiger partial charge in [-0.1, -0.05) is 78.1 Å². The first-order valence-corrected chi connectivity index (χ1v) is 11.1. The van der Waals surface area contributed by atoms with Crippen molar-refractivity contribution in [2.45, 2.75) is 111 Å². The van der Waals surface area contributed by atoms with E-state index in [4.69, 9.17) is 9.90 Å². The minimum atomic E-state index is -1.08. The van der Waals surface area contributed by atoms with E-state index in [1.807, 2.05) is 4.90 Å². The summed E-state index contributed by atoms with van der Waals surface area (Å²) in [6, 6.07) is 0. The smallest absolute Gasteiger partial charge is 0.0773 e. The lowest BCUT2D eigenvalue weighted by Gasteiger charge is -2.29. The Bertz CT molecular complexity index is 282. The molecular formula is C22H45NO2. The number of hydrogen-bond acceptors (Lipinski definition) is 2. The van der Waals surface area contributed by atoms with Gasteiger partial charge in [0, 0.05) is 5.97 Å². The van der Waals surface area contributed by atoms with Crippen LogP contribution in [-0.4, -0.2) is 25.6 Å². The van der Waals surface area contributed by atoms with Crippen molar-refractivity contribution in [3.05, 3.63) is 0 Å². The van der Waals surface area contributed by atoms with Crippen molar-refractivity contribution in [1.82, 2.24) is 0 Å². The van der Waals surface area contributed by atoms with E-state index >= 15 is 0 Å². The molecule has 0 spiro atoms. The van der Waals surface area contributed by atoms with Crippen LogP contribution in [0.1, 0.15) is 111 Å². The average molecular weight is 356 g/mol. The van der Waals surface area contributed by atoms with Gasteiger partial charge in [0.25, 0.3) is 0 Å². The summed E-state index contributed by atoms with van der Waals surface area (Å²) in [6.45, 7) is 9.98. The summed E-state index contributed by atoms with van der Waals surface area (Å²) >= 11 is 0. The molecule has 0 aromatic rings. The quantitative estimate of drug-likeness (QED) is 0.511. The Hall–Kier alpha value is -0.570. The van der Waals surface area contributed by atoms with E-state index in [2.05, 4.69) is 13.8 Å². The van der Waals surface area contributed by atoms with Gasteiger partial charge in [-0.05, 0) is 38.5 Å². The monoisotopic (exact) mass is 355 g/mol. The van der Waals surface area contributed by atoms with Gasteiger partial charge in [-0.2, -0.15) is 0 Å². The standard InChI is InChI=1S/C20H41N.C2H4O2/c1-3-5-7-8-9-10-11-12-13-17-21-18-15-20(16-19-21)14-6-4-2;1-2(3)4/h20H,3-19H2,1-2H3;1H3,(H,3,4). The van der Waals surface area contributed by atoms with Crippen LogP contribution in [0.4, 0.5) is 0 Å². The van der Waals surface area contributed by atoms with Gasteiger partial charge in [0.1, 0.15) is 0 Å². The molecule has 25 heavy (non-hydrogen) atoms. The highest BCUT2D eigenvalue weighted by Gasteiger charge is 2.20. The molecule has 0 aromatic carbocycles. The second kappa shape index (κ2) is 18.2. The zero-order valence-corrected chi connectivity index (χ0v) is 17.4. The van der Waals surface area contributed by atoms with Crippen LogP contribution in [0.3, 0.4) is 0 Å². The first kappa shape index (κ1) is 24.4. The molecule has 1 aliphatic heterocycles. The van der Waals surface area contributed by atoms with Gasteiger partial charge < -0.3 is 14.8 Å². The molecule has 0 atom stereocenters. The fourth-order valence-corrected chi connectivity index (χ4v) is 3.80. The molecule has 0 radical (unpaired) electrons. The van der Waals surface area contributed by atoms with Crippen LogP contribution in [0.5, 0.6) is 0 Å². The molecule has 150 valence electrons. The van der Waals surface area contributed by atoms with E-state index in [1.54, 1.807) is 0 Å². The number of piperidine rings is 1. The zero-order valence-electron chi connectivity index (χ0n) is 17.4. The van der Waals surface area contributed by atoms with Gasteiger partial charge in [-0.25, -0.2) is 0 Å². The van der Waals surface area contributed by atoms with E-state index < -0.39 is 5.97 Å². The Kier molecular flexibility index (Phi) is 17.8. The number of unbranched alkanes of at least 4 members (excludes halogenated alkanes) is 9. The van der Waals surface area contributed by atoms with Crippen LogP contribution in [0.2, 0.25) is 0 Å². The lowest BCUT2D eigenvalue weighted by atomic mass is 9.91. The Morgan fingerprint density at radius 3 is 1.76 bits per heavy atom. The third-order valence-corrected chi connectivity index (χ3v) is 5.41. The summed E-state index contributed by atoms with van der Waals surface area (Å²) < 4.78 is 0. The van der Waals surface area contributed by atoms with E-state index in [0.29, 0.717) is 0 Å². The number of rotatable bonds is 13. The number of likely N-dealkylation sites (tertiary alicyclic amines) is 1. The van der Waals surface area contributed by atoms with E-state index in [0.717, 1.165) is 12.8 Å². The predicted octanol–water partition coefficient (Wildman–Crippen LogP) is 3.76. The number of carbonyl (C=O) groups excluding carboxylic acids is 1. The lowest BCUT2D eigenvalue weighted by Crippen LogP contribution is -3.13. The van der Waals surface area contributed by atoms with Crippen LogP contribution < -0.4 is 10.0 Å². The second-order valence-electron chi connectivity index (χ2n) is 7.91. The minimum Gasteiger partial charge on any atom is -0.550 e. The molecule has 1 aliphatic rings. The van der Waals surface area contributed by atoms with Gasteiger partial charge >= 0.3 is 0 Å². The molecular weight excluding hydrogens is 310 g/mol. The Morgan fingerprint density at radius 2 is 1.28 bits per heavy atom. The predicted molar refractivity (Wildman–Crippen MR) is 106 cm³/mol. The number of hydrogen-bond donors (Lipinski definition) is 1. The van der Waals surface area contributed by atoms with Crippen molar-refractivity contribution in [3.63, 3.8) is 0 Å². The number of nitrogens with one attached hydrogen (secondary N) is 1. The number of carbonyl (C=O) groups is 1. The maximum absolute atomic E-state index is 8.89. The normalized spacial score (nSPS) is 20.0. The van der Waals surface area contributed by atoms with Gasteiger partial charge in [0.2, 0.25) is 0 Å². The molecule has 3 heteroatoms. The van der Waals surface area contributed by atoms with Crippen LogP contribution in [0, 0.1) is 5.92 Å². The van der Waals surface area contributed by atoms with Gasteiger partial charge in [0.05, 0.1) is 19.6 Å². The van der Waals surface area contributed by atoms with Crippen LogP contribution >= 0.6 is 0 Å². The third-order valence-electron chi connectivity index (χ3n) is 5.41. The van der Waals surface area contributed by atoms with E-state index in [1.165, 1.54) is 110 Å². The highest BCUT2D eigenvalue weighted by Crippen LogP contribution is 2.17. The summed E-state index contributed by atoms with van der Waals surface area (Å²) in [6.07, 6.45) is 20.5. The molecule has 0 unspecified atom stereocenters. The maximum atomic E-state index is 8.89. The van der Waals surface area contributed by atoms with E-state index in [-0.39, 0.29) is 0 Å². The largest absolute Gasteiger partial charge is 0.550 e. The molecule has 0 amide bonds. The average Bonchev–Trinajstić information content (AvgIpc) is 2.59. The topological polar surface area (TPSA) is 44.6 Å². The Labute approximate surface area is 157 Å². The van der Waals surface area contributed by atoms with Crippen molar-refractivity contribution in [2.24, 2.45) is 5.92 Å². The maximum Gasteiger partial charge on any atom is 0.0773 e. The molecule has 0 aliphatic carbocycles. The third kappa shape index (κ3) is 18.0. The lowest BCUT2D eigenvalue weighted by molar-refractivity contribution is -0.906. The van der Waals surface area contributed by atoms with Crippen molar-refractivity contribution >= 4 is 5.97 Å². The van der Waals surface area contributed by atoms with Crippen LogP contribution in [0.15, 0.2) is 0 Å². The number of carboxylic acids is 1. The minimum absolute atomic E-state index is 0.972. The molecule has 0 aromatic heterocycles. The van der Waals surface area contributed by atoms with Crippen molar-refractivity contribution in [3.8, 4) is 0 Å². The van der Waals surface area contributed by atoms with Crippen LogP contribution in [0.25, 0.3) is 0 Å². The first-order chi connectivity index (χ1) is 12.1. The molecule has 1 N–H and O–H groups in total. The molecule has 1 saturated heterocycles. The molecule has 1 heterocycles. The number of aliphatic carboxylic acids is 1. The summed E-state index contributed by atoms with van der Waals surface area (Å²) in [5, 5.41) is 8.89. The SMILES string of the molecule is CC(=O)[O-].CCCCCCCCCCC[NH+]1CCC(CCCC)CC1. The fourth-order valence-electron chi connectivity index (χ4n) is 3.80. The zero-order chi connectivity index (χ0) is 18.8. The highest BCUT2D eigenvalue weighted by molar-refractivity contribution is 5.60. The number of carboxylic acid groups (broad SMARTS) is 1. The molecule has 0 bridgehead atoms.